The summed E-state index contributed by atoms with van der Waals surface area (Å²) >= 11 is 2.97. The Bertz CT molecular complexity index is 996. The van der Waals surface area contributed by atoms with Crippen LogP contribution in [0.1, 0.15) is 32.1 Å². The molecular weight excluding hydrogens is 366 g/mol. The van der Waals surface area contributed by atoms with E-state index in [9.17, 15) is 10.1 Å². The maximum atomic E-state index is 12.7. The van der Waals surface area contributed by atoms with Gasteiger partial charge in [0.2, 0.25) is 10.9 Å². The van der Waals surface area contributed by atoms with Crippen molar-refractivity contribution in [1.82, 2.24) is 19.5 Å². The molecule has 134 valence electrons. The van der Waals surface area contributed by atoms with Gasteiger partial charge in [0, 0.05) is 7.05 Å². The van der Waals surface area contributed by atoms with Crippen LogP contribution < -0.4 is 0 Å². The van der Waals surface area contributed by atoms with Crippen LogP contribution in [-0.2, 0) is 4.79 Å². The number of hydrogen-bond donors (Lipinski definition) is 0. The van der Waals surface area contributed by atoms with Crippen LogP contribution in [0.4, 0.5) is 0 Å². The summed E-state index contributed by atoms with van der Waals surface area (Å²) in [5.41, 5.74) is 0.409. The minimum Gasteiger partial charge on any atom is -0.326 e. The molecule has 1 aromatic carbocycles. The normalized spacial score (nSPS) is 16.6. The molecule has 0 radical (unpaired) electrons. The summed E-state index contributed by atoms with van der Waals surface area (Å²) in [6, 6.07) is 10.5. The number of thiazole rings is 1. The van der Waals surface area contributed by atoms with Gasteiger partial charge in [-0.25, -0.2) is 0 Å². The number of nitriles is 1. The van der Waals surface area contributed by atoms with E-state index < -0.39 is 5.54 Å². The van der Waals surface area contributed by atoms with Crippen molar-refractivity contribution in [3.8, 4) is 6.07 Å². The first-order valence-corrected chi connectivity index (χ1v) is 10.5. The van der Waals surface area contributed by atoms with Gasteiger partial charge in [0.1, 0.15) is 5.54 Å². The highest BCUT2D eigenvalue weighted by molar-refractivity contribution is 7.99. The number of aromatic nitrogens is 3. The molecule has 1 aliphatic rings. The average molecular weight is 386 g/mol. The molecule has 1 amide bonds. The highest BCUT2D eigenvalue weighted by atomic mass is 32.2. The van der Waals surface area contributed by atoms with Crippen molar-refractivity contribution in [3.63, 3.8) is 0 Å². The smallest absolute Gasteiger partial charge is 0.234 e. The Balaban J connectivity index is 1.53. The molecule has 0 saturated heterocycles. The van der Waals surface area contributed by atoms with E-state index in [0.717, 1.165) is 47.3 Å². The third-order valence-corrected chi connectivity index (χ3v) is 7.07. The van der Waals surface area contributed by atoms with Crippen LogP contribution in [0.2, 0.25) is 0 Å². The van der Waals surface area contributed by atoms with E-state index in [-0.39, 0.29) is 11.7 Å². The van der Waals surface area contributed by atoms with Crippen LogP contribution in [0.15, 0.2) is 29.4 Å². The van der Waals surface area contributed by atoms with E-state index in [1.807, 2.05) is 22.6 Å². The first-order valence-electron chi connectivity index (χ1n) is 8.68. The van der Waals surface area contributed by atoms with Crippen molar-refractivity contribution < 1.29 is 4.79 Å². The van der Waals surface area contributed by atoms with Gasteiger partial charge in [-0.05, 0) is 25.0 Å². The van der Waals surface area contributed by atoms with Gasteiger partial charge in [-0.15, -0.1) is 10.2 Å². The molecule has 26 heavy (non-hydrogen) atoms. The second kappa shape index (κ2) is 6.89. The average Bonchev–Trinajstić information content (AvgIpc) is 3.25. The Labute approximate surface area is 159 Å². The van der Waals surface area contributed by atoms with E-state index in [2.05, 4.69) is 22.3 Å². The van der Waals surface area contributed by atoms with Crippen molar-refractivity contribution in [2.75, 3.05) is 12.8 Å². The predicted molar refractivity (Wildman–Crippen MR) is 103 cm³/mol. The van der Waals surface area contributed by atoms with Gasteiger partial charge in [0.25, 0.3) is 0 Å². The molecular formula is C18H19N5OS2. The summed E-state index contributed by atoms with van der Waals surface area (Å²) in [7, 11) is 1.76. The Morgan fingerprint density at radius 3 is 2.88 bits per heavy atom. The molecule has 2 heterocycles. The summed E-state index contributed by atoms with van der Waals surface area (Å²) < 4.78 is 3.15. The third-order valence-electron chi connectivity index (χ3n) is 5.14. The fourth-order valence-corrected chi connectivity index (χ4v) is 5.45. The number of benzene rings is 1. The monoisotopic (exact) mass is 385 g/mol. The molecule has 0 unspecified atom stereocenters. The summed E-state index contributed by atoms with van der Waals surface area (Å²) in [6.07, 6.45) is 4.68. The fourth-order valence-electron chi connectivity index (χ4n) is 3.57. The predicted octanol–water partition coefficient (Wildman–Crippen LogP) is 3.72. The topological polar surface area (TPSA) is 74.3 Å². The number of amides is 1. The minimum absolute atomic E-state index is 0.0327. The van der Waals surface area contributed by atoms with Crippen LogP contribution >= 0.6 is 23.1 Å². The number of nitrogens with zero attached hydrogens (tertiary/aromatic N) is 5. The Morgan fingerprint density at radius 1 is 1.35 bits per heavy atom. The van der Waals surface area contributed by atoms with Gasteiger partial charge in [-0.2, -0.15) is 5.26 Å². The lowest BCUT2D eigenvalue weighted by molar-refractivity contribution is -0.131. The van der Waals surface area contributed by atoms with Crippen LogP contribution in [-0.4, -0.2) is 43.7 Å². The van der Waals surface area contributed by atoms with Gasteiger partial charge in [0.15, 0.2) is 5.16 Å². The number of thioether (sulfide) groups is 1. The van der Waals surface area contributed by atoms with E-state index in [1.54, 1.807) is 23.3 Å². The molecule has 0 bridgehead atoms. The van der Waals surface area contributed by atoms with Gasteiger partial charge in [0.05, 0.1) is 22.0 Å². The molecule has 8 heteroatoms. The van der Waals surface area contributed by atoms with Crippen molar-refractivity contribution in [2.24, 2.45) is 0 Å². The summed E-state index contributed by atoms with van der Waals surface area (Å²) in [5, 5.41) is 18.9. The number of hydrogen-bond acceptors (Lipinski definition) is 6. The third kappa shape index (κ3) is 2.85. The molecule has 3 aromatic rings. The molecule has 6 nitrogen and oxygen atoms in total. The quantitative estimate of drug-likeness (QED) is 0.640. The molecule has 1 aliphatic carbocycles. The lowest BCUT2D eigenvalue weighted by Crippen LogP contribution is -2.50. The Kier molecular flexibility index (Phi) is 4.59. The van der Waals surface area contributed by atoms with E-state index in [4.69, 9.17) is 0 Å². The summed E-state index contributed by atoms with van der Waals surface area (Å²) in [6.45, 7) is 0. The highest BCUT2D eigenvalue weighted by Crippen LogP contribution is 2.34. The number of carbonyl (C=O) groups excluding carboxylic acids is 1. The zero-order chi connectivity index (χ0) is 18.1. The van der Waals surface area contributed by atoms with Gasteiger partial charge < -0.3 is 4.90 Å². The highest BCUT2D eigenvalue weighted by Gasteiger charge is 2.38. The van der Waals surface area contributed by atoms with Crippen LogP contribution in [0.25, 0.3) is 15.2 Å². The zero-order valence-corrected chi connectivity index (χ0v) is 16.1. The first-order chi connectivity index (χ1) is 12.6. The molecule has 1 saturated carbocycles. The van der Waals surface area contributed by atoms with Gasteiger partial charge in [-0.3, -0.25) is 9.20 Å². The fraction of sp³-hybridized carbons (Fsp3) is 0.444. The number of rotatable bonds is 4. The van der Waals surface area contributed by atoms with Crippen molar-refractivity contribution in [2.45, 2.75) is 42.8 Å². The molecule has 4 rings (SSSR count). The molecule has 0 atom stereocenters. The maximum absolute atomic E-state index is 12.7. The van der Waals surface area contributed by atoms with Crippen molar-refractivity contribution in [3.05, 3.63) is 24.3 Å². The molecule has 0 spiro atoms. The molecule has 0 N–H and O–H groups in total. The number of carbonyl (C=O) groups is 1. The largest absolute Gasteiger partial charge is 0.326 e. The van der Waals surface area contributed by atoms with Gasteiger partial charge in [-0.1, -0.05) is 54.5 Å². The molecule has 2 aromatic heterocycles. The van der Waals surface area contributed by atoms with E-state index in [0.29, 0.717) is 5.16 Å². The lowest BCUT2D eigenvalue weighted by atomic mass is 9.81. The summed E-state index contributed by atoms with van der Waals surface area (Å²) in [5.74, 6) is 0.222. The maximum Gasteiger partial charge on any atom is 0.234 e. The minimum atomic E-state index is -0.648. The standard InChI is InChI=1S/C18H19N5OS2/c1-22(18(12-19)9-5-2-6-10-18)15(24)11-25-16-20-21-17-23(16)13-7-3-4-8-14(13)26-17/h3-4,7-8H,2,5-6,9-11H2,1H3. The molecule has 1 fully saturated rings. The second-order valence-electron chi connectivity index (χ2n) is 6.62. The number of para-hydroxylation sites is 1. The van der Waals surface area contributed by atoms with Gasteiger partial charge >= 0.3 is 0 Å². The Hall–Kier alpha value is -2.11. The Morgan fingerprint density at radius 2 is 2.12 bits per heavy atom. The summed E-state index contributed by atoms with van der Waals surface area (Å²) in [4.78, 5) is 15.2. The second-order valence-corrected chi connectivity index (χ2v) is 8.57. The zero-order valence-electron chi connectivity index (χ0n) is 14.5. The van der Waals surface area contributed by atoms with Crippen LogP contribution in [0, 0.1) is 11.3 Å². The lowest BCUT2D eigenvalue weighted by Gasteiger charge is -2.39. The van der Waals surface area contributed by atoms with Crippen LogP contribution in [0.3, 0.4) is 0 Å². The van der Waals surface area contributed by atoms with E-state index >= 15 is 0 Å². The molecule has 0 aliphatic heterocycles. The SMILES string of the molecule is CN(C(=O)CSc1nnc2sc3ccccc3n12)C1(C#N)CCCCC1. The van der Waals surface area contributed by atoms with Crippen molar-refractivity contribution in [1.29, 1.82) is 5.26 Å². The number of fused-ring (bicyclic) bond motifs is 3. The van der Waals surface area contributed by atoms with Crippen LogP contribution in [0.5, 0.6) is 0 Å². The first kappa shape index (κ1) is 17.3. The van der Waals surface area contributed by atoms with Crippen molar-refractivity contribution >= 4 is 44.2 Å². The van der Waals surface area contributed by atoms with E-state index in [1.165, 1.54) is 11.8 Å².